The Labute approximate surface area is 161 Å². The van der Waals surface area contributed by atoms with Crippen molar-refractivity contribution in [1.29, 1.82) is 0 Å². The van der Waals surface area contributed by atoms with Crippen LogP contribution in [0.1, 0.15) is 46.9 Å². The summed E-state index contributed by atoms with van der Waals surface area (Å²) in [6.45, 7) is 6.01. The van der Waals surface area contributed by atoms with Gasteiger partial charge in [-0.15, -0.1) is 0 Å². The predicted molar refractivity (Wildman–Crippen MR) is 109 cm³/mol. The molecule has 0 aromatic heterocycles. The monoisotopic (exact) mass is 359 g/mol. The zero-order valence-corrected chi connectivity index (χ0v) is 16.0. The van der Waals surface area contributed by atoms with Crippen LogP contribution in [0.25, 0.3) is 0 Å². The molecule has 0 bridgehead atoms. The number of ether oxygens (including phenoxy) is 1. The molecule has 3 aromatic rings. The fraction of sp³-hybridized carbons (Fsp3) is 0.208. The van der Waals surface area contributed by atoms with Crippen LogP contribution in [0.4, 0.5) is 0 Å². The lowest BCUT2D eigenvalue weighted by Gasteiger charge is -2.20. The zero-order valence-electron chi connectivity index (χ0n) is 16.0. The van der Waals surface area contributed by atoms with Crippen molar-refractivity contribution in [3.63, 3.8) is 0 Å². The Morgan fingerprint density at radius 2 is 1.41 bits per heavy atom. The topological polar surface area (TPSA) is 38.3 Å². The lowest BCUT2D eigenvalue weighted by Crippen LogP contribution is -2.29. The van der Waals surface area contributed by atoms with Gasteiger partial charge in [0, 0.05) is 5.56 Å². The maximum atomic E-state index is 12.9. The van der Waals surface area contributed by atoms with Crippen molar-refractivity contribution < 1.29 is 9.53 Å². The van der Waals surface area contributed by atoms with Gasteiger partial charge in [-0.2, -0.15) is 0 Å². The van der Waals surface area contributed by atoms with E-state index >= 15 is 0 Å². The minimum absolute atomic E-state index is 0.105. The fourth-order valence-electron chi connectivity index (χ4n) is 2.93. The maximum absolute atomic E-state index is 12.9. The van der Waals surface area contributed by atoms with Gasteiger partial charge < -0.3 is 10.1 Å². The molecule has 0 spiro atoms. The van der Waals surface area contributed by atoms with E-state index in [9.17, 15) is 4.79 Å². The number of carbonyl (C=O) groups is 1. The molecule has 0 saturated carbocycles. The van der Waals surface area contributed by atoms with E-state index in [1.54, 1.807) is 12.1 Å². The summed E-state index contributed by atoms with van der Waals surface area (Å²) >= 11 is 0. The van der Waals surface area contributed by atoms with E-state index in [0.29, 0.717) is 5.56 Å². The van der Waals surface area contributed by atoms with Gasteiger partial charge in [0.25, 0.3) is 5.91 Å². The normalized spacial score (nSPS) is 11.9. The largest absolute Gasteiger partial charge is 0.491 e. The number of hydrogen-bond donors (Lipinski definition) is 1. The third kappa shape index (κ3) is 4.98. The Hall–Kier alpha value is -3.07. The second-order valence-electron chi connectivity index (χ2n) is 6.92. The highest BCUT2D eigenvalue weighted by Gasteiger charge is 2.17. The Morgan fingerprint density at radius 3 is 2.00 bits per heavy atom. The number of hydrogen-bond acceptors (Lipinski definition) is 2. The molecular formula is C24H25NO2. The predicted octanol–water partition coefficient (Wildman–Crippen LogP) is 5.30. The average Bonchev–Trinajstić information content (AvgIpc) is 2.67. The first-order valence-electron chi connectivity index (χ1n) is 9.22. The van der Waals surface area contributed by atoms with Gasteiger partial charge in [0.2, 0.25) is 0 Å². The van der Waals surface area contributed by atoms with Crippen LogP contribution in [0.5, 0.6) is 5.75 Å². The first-order chi connectivity index (χ1) is 13.0. The summed E-state index contributed by atoms with van der Waals surface area (Å²) in [7, 11) is 0. The maximum Gasteiger partial charge on any atom is 0.252 e. The van der Waals surface area contributed by atoms with E-state index in [-0.39, 0.29) is 18.1 Å². The molecule has 0 heterocycles. The van der Waals surface area contributed by atoms with Crippen molar-refractivity contribution in [2.45, 2.75) is 32.9 Å². The van der Waals surface area contributed by atoms with Crippen molar-refractivity contribution >= 4 is 5.91 Å². The number of aryl methyl sites for hydroxylation is 1. The molecule has 0 saturated heterocycles. The zero-order chi connectivity index (χ0) is 19.2. The number of rotatable bonds is 6. The van der Waals surface area contributed by atoms with Crippen LogP contribution in [-0.2, 0) is 0 Å². The first kappa shape index (κ1) is 18.7. The number of benzene rings is 3. The SMILES string of the molecule is Cc1ccc(C(NC(=O)c2ccc(OC(C)C)cc2)c2ccccc2)cc1. The van der Waals surface area contributed by atoms with Crippen molar-refractivity contribution in [3.8, 4) is 5.75 Å². The molecule has 0 aliphatic heterocycles. The van der Waals surface area contributed by atoms with Crippen LogP contribution in [0.2, 0.25) is 0 Å². The quantitative estimate of drug-likeness (QED) is 0.648. The van der Waals surface area contributed by atoms with Crippen molar-refractivity contribution in [1.82, 2.24) is 5.32 Å². The molecule has 0 radical (unpaired) electrons. The average molecular weight is 359 g/mol. The third-order valence-electron chi connectivity index (χ3n) is 4.31. The summed E-state index contributed by atoms with van der Waals surface area (Å²) in [5, 5.41) is 3.17. The van der Waals surface area contributed by atoms with Crippen molar-refractivity contribution in [3.05, 3.63) is 101 Å². The smallest absolute Gasteiger partial charge is 0.252 e. The van der Waals surface area contributed by atoms with Crippen molar-refractivity contribution in [2.75, 3.05) is 0 Å². The Balaban J connectivity index is 1.83. The number of amides is 1. The lowest BCUT2D eigenvalue weighted by atomic mass is 9.97. The van der Waals surface area contributed by atoms with Gasteiger partial charge in [-0.1, -0.05) is 60.2 Å². The summed E-state index contributed by atoms with van der Waals surface area (Å²) in [4.78, 5) is 12.9. The Bertz CT molecular complexity index is 869. The van der Waals surface area contributed by atoms with E-state index in [2.05, 4.69) is 36.5 Å². The van der Waals surface area contributed by atoms with Gasteiger partial charge in [0.15, 0.2) is 0 Å². The molecule has 1 amide bonds. The van der Waals surface area contributed by atoms with E-state index in [4.69, 9.17) is 4.74 Å². The van der Waals surface area contributed by atoms with Crippen LogP contribution in [0, 0.1) is 6.92 Å². The van der Waals surface area contributed by atoms with Crippen molar-refractivity contribution in [2.24, 2.45) is 0 Å². The van der Waals surface area contributed by atoms with Crippen LogP contribution < -0.4 is 10.1 Å². The van der Waals surface area contributed by atoms with E-state index in [1.807, 2.05) is 56.3 Å². The minimum Gasteiger partial charge on any atom is -0.491 e. The standard InChI is InChI=1S/C24H25NO2/c1-17(2)27-22-15-13-21(14-16-22)24(26)25-23(19-7-5-4-6-8-19)20-11-9-18(3)10-12-20/h4-17,23H,1-3H3,(H,25,26). The molecule has 1 N–H and O–H groups in total. The van der Waals surface area contributed by atoms with Gasteiger partial charge in [0.05, 0.1) is 12.1 Å². The molecule has 27 heavy (non-hydrogen) atoms. The van der Waals surface area contributed by atoms with Gasteiger partial charge in [0.1, 0.15) is 5.75 Å². The number of nitrogens with one attached hydrogen (secondary N) is 1. The molecule has 3 aromatic carbocycles. The fourth-order valence-corrected chi connectivity index (χ4v) is 2.93. The van der Waals surface area contributed by atoms with Gasteiger partial charge in [-0.25, -0.2) is 0 Å². The van der Waals surface area contributed by atoms with E-state index < -0.39 is 0 Å². The summed E-state index contributed by atoms with van der Waals surface area (Å²) < 4.78 is 5.65. The second-order valence-corrected chi connectivity index (χ2v) is 6.92. The highest BCUT2D eigenvalue weighted by Crippen LogP contribution is 2.23. The molecule has 138 valence electrons. The lowest BCUT2D eigenvalue weighted by molar-refractivity contribution is 0.0943. The molecule has 1 atom stereocenters. The Kier molecular flexibility index (Phi) is 5.92. The first-order valence-corrected chi connectivity index (χ1v) is 9.22. The molecular weight excluding hydrogens is 334 g/mol. The molecule has 3 heteroatoms. The van der Waals surface area contributed by atoms with E-state index in [0.717, 1.165) is 16.9 Å². The highest BCUT2D eigenvalue weighted by molar-refractivity contribution is 5.94. The van der Waals surface area contributed by atoms with E-state index in [1.165, 1.54) is 5.56 Å². The van der Waals surface area contributed by atoms with Crippen LogP contribution in [0.15, 0.2) is 78.9 Å². The highest BCUT2D eigenvalue weighted by atomic mass is 16.5. The molecule has 0 aliphatic rings. The summed E-state index contributed by atoms with van der Waals surface area (Å²) in [6.07, 6.45) is 0.105. The summed E-state index contributed by atoms with van der Waals surface area (Å²) in [6, 6.07) is 25.3. The minimum atomic E-state index is -0.203. The number of carbonyl (C=O) groups excluding carboxylic acids is 1. The van der Waals surface area contributed by atoms with Gasteiger partial charge in [-0.3, -0.25) is 4.79 Å². The van der Waals surface area contributed by atoms with Crippen LogP contribution in [-0.4, -0.2) is 12.0 Å². The Morgan fingerprint density at radius 1 is 0.815 bits per heavy atom. The molecule has 0 aliphatic carbocycles. The molecule has 3 nitrogen and oxygen atoms in total. The molecule has 1 unspecified atom stereocenters. The van der Waals surface area contributed by atoms with Gasteiger partial charge >= 0.3 is 0 Å². The summed E-state index contributed by atoms with van der Waals surface area (Å²) in [5.41, 5.74) is 3.91. The van der Waals surface area contributed by atoms with Crippen LogP contribution >= 0.6 is 0 Å². The third-order valence-corrected chi connectivity index (χ3v) is 4.31. The molecule has 3 rings (SSSR count). The molecule has 0 fully saturated rings. The van der Waals surface area contributed by atoms with Crippen LogP contribution in [0.3, 0.4) is 0 Å². The van der Waals surface area contributed by atoms with Gasteiger partial charge in [-0.05, 0) is 56.2 Å². The second kappa shape index (κ2) is 8.54. The summed E-state index contributed by atoms with van der Waals surface area (Å²) in [5.74, 6) is 0.653.